The van der Waals surface area contributed by atoms with Crippen LogP contribution in [-0.2, 0) is 27.8 Å². The third kappa shape index (κ3) is 5.04. The number of nitrogens with one attached hydrogen (secondary N) is 1. The standard InChI is InChI=1S/C32H29N3O5S/c1-22-18-25-19-24(16-17-27(25)35(22)41(38,39)26-12-6-3-7-13-26)32(37)34-21-30(40-29-15-9-8-14-28(29)34)31(36)33-20-23-10-4-2-5-11-23/h2-17,19,22,30H,18,20-21H2,1H3,(H,33,36)/t22-,30-/m1/s1. The molecule has 0 aliphatic carbocycles. The van der Waals surface area contributed by atoms with E-state index >= 15 is 0 Å². The molecule has 208 valence electrons. The number of para-hydroxylation sites is 2. The fraction of sp³-hybridized carbons (Fsp3) is 0.188. The zero-order valence-electron chi connectivity index (χ0n) is 22.4. The van der Waals surface area contributed by atoms with Gasteiger partial charge in [-0.3, -0.25) is 13.9 Å². The molecule has 2 atom stereocenters. The van der Waals surface area contributed by atoms with Crippen LogP contribution in [0.3, 0.4) is 0 Å². The van der Waals surface area contributed by atoms with E-state index in [1.807, 2.05) is 43.3 Å². The molecule has 2 heterocycles. The van der Waals surface area contributed by atoms with Crippen molar-refractivity contribution in [2.45, 2.75) is 36.9 Å². The van der Waals surface area contributed by atoms with Gasteiger partial charge in [-0.1, -0.05) is 60.7 Å². The van der Waals surface area contributed by atoms with Crippen molar-refractivity contribution in [1.82, 2.24) is 5.32 Å². The molecule has 2 aliphatic rings. The van der Waals surface area contributed by atoms with Crippen LogP contribution in [0.25, 0.3) is 0 Å². The summed E-state index contributed by atoms with van der Waals surface area (Å²) < 4.78 is 34.3. The van der Waals surface area contributed by atoms with E-state index in [-0.39, 0.29) is 29.3 Å². The highest BCUT2D eigenvalue weighted by atomic mass is 32.2. The van der Waals surface area contributed by atoms with Crippen molar-refractivity contribution in [2.75, 3.05) is 15.7 Å². The number of sulfonamides is 1. The number of benzene rings is 4. The first-order valence-electron chi connectivity index (χ1n) is 13.4. The SMILES string of the molecule is C[C@@H]1Cc2cc(C(=O)N3C[C@H](C(=O)NCc4ccccc4)Oc4ccccc43)ccc2N1S(=O)(=O)c1ccccc1. The first-order chi connectivity index (χ1) is 19.8. The molecule has 0 fully saturated rings. The van der Waals surface area contributed by atoms with Crippen molar-refractivity contribution < 1.29 is 22.7 Å². The smallest absolute Gasteiger partial charge is 0.264 e. The zero-order chi connectivity index (χ0) is 28.6. The number of nitrogens with zero attached hydrogens (tertiary/aromatic N) is 2. The monoisotopic (exact) mass is 567 g/mol. The molecule has 0 spiro atoms. The van der Waals surface area contributed by atoms with E-state index in [2.05, 4.69) is 5.32 Å². The maximum absolute atomic E-state index is 13.9. The van der Waals surface area contributed by atoms with Crippen LogP contribution in [0, 0.1) is 0 Å². The van der Waals surface area contributed by atoms with Crippen molar-refractivity contribution in [3.63, 3.8) is 0 Å². The van der Waals surface area contributed by atoms with Gasteiger partial charge in [0.15, 0.2) is 6.10 Å². The summed E-state index contributed by atoms with van der Waals surface area (Å²) in [6.07, 6.45) is -0.411. The van der Waals surface area contributed by atoms with E-state index in [1.54, 1.807) is 71.6 Å². The quantitative estimate of drug-likeness (QED) is 0.369. The van der Waals surface area contributed by atoms with Crippen molar-refractivity contribution in [2.24, 2.45) is 0 Å². The number of anilines is 2. The molecule has 0 saturated heterocycles. The van der Waals surface area contributed by atoms with Gasteiger partial charge in [0.2, 0.25) is 0 Å². The van der Waals surface area contributed by atoms with Gasteiger partial charge in [-0.05, 0) is 66.9 Å². The fourth-order valence-corrected chi connectivity index (χ4v) is 7.14. The Morgan fingerprint density at radius 3 is 2.32 bits per heavy atom. The van der Waals surface area contributed by atoms with Crippen molar-refractivity contribution in [1.29, 1.82) is 0 Å². The molecule has 0 unspecified atom stereocenters. The highest BCUT2D eigenvalue weighted by Crippen LogP contribution is 2.39. The lowest BCUT2D eigenvalue weighted by Gasteiger charge is -2.34. The third-order valence-electron chi connectivity index (χ3n) is 7.40. The lowest BCUT2D eigenvalue weighted by molar-refractivity contribution is -0.128. The Bertz CT molecular complexity index is 1710. The summed E-state index contributed by atoms with van der Waals surface area (Å²) in [5.74, 6) is -0.158. The number of hydrogen-bond acceptors (Lipinski definition) is 5. The van der Waals surface area contributed by atoms with Crippen LogP contribution in [0.1, 0.15) is 28.4 Å². The average Bonchev–Trinajstić information content (AvgIpc) is 3.35. The number of ether oxygens (including phenoxy) is 1. The lowest BCUT2D eigenvalue weighted by Crippen LogP contribution is -2.50. The second kappa shape index (κ2) is 10.7. The minimum atomic E-state index is -3.76. The minimum Gasteiger partial charge on any atom is -0.477 e. The predicted molar refractivity (Wildman–Crippen MR) is 157 cm³/mol. The third-order valence-corrected chi connectivity index (χ3v) is 9.34. The first kappa shape index (κ1) is 26.6. The maximum atomic E-state index is 13.9. The Morgan fingerprint density at radius 1 is 0.878 bits per heavy atom. The highest BCUT2D eigenvalue weighted by Gasteiger charge is 2.38. The van der Waals surface area contributed by atoms with Gasteiger partial charge >= 0.3 is 0 Å². The average molecular weight is 568 g/mol. The Balaban J connectivity index is 1.26. The number of hydrogen-bond donors (Lipinski definition) is 1. The fourth-order valence-electron chi connectivity index (χ4n) is 5.43. The molecule has 41 heavy (non-hydrogen) atoms. The van der Waals surface area contributed by atoms with Crippen LogP contribution in [0.5, 0.6) is 5.75 Å². The van der Waals surface area contributed by atoms with Gasteiger partial charge in [-0.25, -0.2) is 8.42 Å². The van der Waals surface area contributed by atoms with Crippen LogP contribution in [0.15, 0.2) is 108 Å². The van der Waals surface area contributed by atoms with Crippen LogP contribution >= 0.6 is 0 Å². The molecule has 0 aromatic heterocycles. The van der Waals surface area contributed by atoms with E-state index in [0.717, 1.165) is 11.1 Å². The first-order valence-corrected chi connectivity index (χ1v) is 14.9. The van der Waals surface area contributed by atoms with E-state index in [0.29, 0.717) is 35.7 Å². The molecule has 8 nitrogen and oxygen atoms in total. The number of amides is 2. The Kier molecular flexibility index (Phi) is 6.96. The summed E-state index contributed by atoms with van der Waals surface area (Å²) in [4.78, 5) is 28.8. The molecule has 4 aromatic carbocycles. The van der Waals surface area contributed by atoms with Crippen LogP contribution in [0.4, 0.5) is 11.4 Å². The molecule has 2 aliphatic heterocycles. The lowest BCUT2D eigenvalue weighted by atomic mass is 10.0. The number of carbonyl (C=O) groups excluding carboxylic acids is 2. The van der Waals surface area contributed by atoms with Crippen LogP contribution in [0.2, 0.25) is 0 Å². The molecule has 0 bridgehead atoms. The van der Waals surface area contributed by atoms with Gasteiger partial charge in [-0.2, -0.15) is 0 Å². The van der Waals surface area contributed by atoms with Crippen LogP contribution in [-0.4, -0.2) is 38.9 Å². The summed E-state index contributed by atoms with van der Waals surface area (Å²) >= 11 is 0. The van der Waals surface area contributed by atoms with Gasteiger partial charge in [0.1, 0.15) is 5.75 Å². The Labute approximate surface area is 239 Å². The Morgan fingerprint density at radius 2 is 1.56 bits per heavy atom. The molecule has 0 radical (unpaired) electrons. The van der Waals surface area contributed by atoms with Gasteiger partial charge in [0.25, 0.3) is 21.8 Å². The molecular weight excluding hydrogens is 538 g/mol. The molecule has 6 rings (SSSR count). The summed E-state index contributed by atoms with van der Waals surface area (Å²) in [6, 6.07) is 29.9. The van der Waals surface area contributed by atoms with Crippen molar-refractivity contribution in [3.8, 4) is 5.75 Å². The summed E-state index contributed by atoms with van der Waals surface area (Å²) in [5, 5.41) is 2.91. The Hall–Kier alpha value is -4.63. The number of rotatable bonds is 6. The summed E-state index contributed by atoms with van der Waals surface area (Å²) in [6.45, 7) is 2.25. The number of fused-ring (bicyclic) bond motifs is 2. The molecule has 0 saturated carbocycles. The van der Waals surface area contributed by atoms with Crippen molar-refractivity contribution >= 4 is 33.2 Å². The molecule has 2 amide bonds. The van der Waals surface area contributed by atoms with E-state index in [1.165, 1.54) is 4.31 Å². The normalized spacial score (nSPS) is 17.8. The molecular formula is C32H29N3O5S. The molecule has 9 heteroatoms. The summed E-state index contributed by atoms with van der Waals surface area (Å²) in [5.41, 5.74) is 3.29. The largest absolute Gasteiger partial charge is 0.477 e. The second-order valence-corrected chi connectivity index (χ2v) is 12.0. The number of carbonyl (C=O) groups is 2. The van der Waals surface area contributed by atoms with Gasteiger partial charge in [0, 0.05) is 18.2 Å². The minimum absolute atomic E-state index is 0.0401. The van der Waals surface area contributed by atoms with Gasteiger partial charge < -0.3 is 15.0 Å². The van der Waals surface area contributed by atoms with Gasteiger partial charge in [-0.15, -0.1) is 0 Å². The summed E-state index contributed by atoms with van der Waals surface area (Å²) in [7, 11) is -3.76. The highest BCUT2D eigenvalue weighted by molar-refractivity contribution is 7.92. The van der Waals surface area contributed by atoms with Gasteiger partial charge in [0.05, 0.1) is 22.8 Å². The van der Waals surface area contributed by atoms with Crippen molar-refractivity contribution in [3.05, 3.63) is 120 Å². The van der Waals surface area contributed by atoms with E-state index < -0.39 is 16.1 Å². The maximum Gasteiger partial charge on any atom is 0.264 e. The van der Waals surface area contributed by atoms with E-state index in [4.69, 9.17) is 4.74 Å². The predicted octanol–water partition coefficient (Wildman–Crippen LogP) is 4.55. The molecule has 1 N–H and O–H groups in total. The van der Waals surface area contributed by atoms with E-state index in [9.17, 15) is 18.0 Å². The molecule has 4 aromatic rings. The topological polar surface area (TPSA) is 96.0 Å². The van der Waals surface area contributed by atoms with Crippen LogP contribution < -0.4 is 19.3 Å². The second-order valence-electron chi connectivity index (χ2n) is 10.2. The zero-order valence-corrected chi connectivity index (χ0v) is 23.3.